The zero-order valence-electron chi connectivity index (χ0n) is 15.0. The first-order chi connectivity index (χ1) is 10.8. The number of nitrogens with one attached hydrogen (secondary N) is 1. The Balaban J connectivity index is 0.00000192. The fraction of sp³-hybridized carbons (Fsp3) is 0.944. The van der Waals surface area contributed by atoms with Crippen LogP contribution >= 0.6 is 24.0 Å². The molecule has 1 saturated carbocycles. The van der Waals surface area contributed by atoms with Gasteiger partial charge in [-0.2, -0.15) is 0 Å². The molecule has 0 aromatic carbocycles. The number of nitrogens with zero attached hydrogens (tertiary/aromatic N) is 3. The van der Waals surface area contributed by atoms with E-state index in [9.17, 15) is 0 Å². The Kier molecular flexibility index (Phi) is 7.92. The maximum absolute atomic E-state index is 4.57. The van der Waals surface area contributed by atoms with Gasteiger partial charge in [0.1, 0.15) is 0 Å². The van der Waals surface area contributed by atoms with Gasteiger partial charge in [0, 0.05) is 33.2 Å². The molecule has 2 heterocycles. The summed E-state index contributed by atoms with van der Waals surface area (Å²) in [7, 11) is 1.95. The van der Waals surface area contributed by atoms with E-state index in [1.54, 1.807) is 0 Å². The number of fused-ring (bicyclic) bond motifs is 1. The molecule has 0 radical (unpaired) electrons. The Morgan fingerprint density at radius 3 is 2.35 bits per heavy atom. The van der Waals surface area contributed by atoms with Gasteiger partial charge >= 0.3 is 0 Å². The highest BCUT2D eigenvalue weighted by Crippen LogP contribution is 2.35. The van der Waals surface area contributed by atoms with Crippen LogP contribution in [-0.4, -0.2) is 62.1 Å². The predicted octanol–water partition coefficient (Wildman–Crippen LogP) is 3.03. The lowest BCUT2D eigenvalue weighted by Crippen LogP contribution is -2.45. The number of hydrogen-bond donors (Lipinski definition) is 1. The first-order valence-corrected chi connectivity index (χ1v) is 9.48. The zero-order valence-corrected chi connectivity index (χ0v) is 17.3. The van der Waals surface area contributed by atoms with Crippen LogP contribution in [0.15, 0.2) is 4.99 Å². The molecule has 3 rings (SSSR count). The predicted molar refractivity (Wildman–Crippen MR) is 109 cm³/mol. The van der Waals surface area contributed by atoms with E-state index in [4.69, 9.17) is 0 Å². The molecule has 0 bridgehead atoms. The van der Waals surface area contributed by atoms with Crippen molar-refractivity contribution in [2.45, 2.75) is 45.4 Å². The fourth-order valence-corrected chi connectivity index (χ4v) is 4.75. The molecule has 23 heavy (non-hydrogen) atoms. The van der Waals surface area contributed by atoms with E-state index >= 15 is 0 Å². The summed E-state index contributed by atoms with van der Waals surface area (Å²) in [5.41, 5.74) is 0. The van der Waals surface area contributed by atoms with Crippen LogP contribution in [0.3, 0.4) is 0 Å². The highest BCUT2D eigenvalue weighted by atomic mass is 127. The van der Waals surface area contributed by atoms with Crippen LogP contribution in [0.25, 0.3) is 0 Å². The average Bonchev–Trinajstić information content (AvgIpc) is 2.99. The van der Waals surface area contributed by atoms with Gasteiger partial charge < -0.3 is 15.1 Å². The van der Waals surface area contributed by atoms with Gasteiger partial charge in [-0.1, -0.05) is 19.8 Å². The number of aliphatic imine (C=N–C) groups is 1. The van der Waals surface area contributed by atoms with Crippen molar-refractivity contribution >= 4 is 29.9 Å². The van der Waals surface area contributed by atoms with E-state index in [0.717, 1.165) is 30.3 Å². The van der Waals surface area contributed by atoms with Crippen molar-refractivity contribution < 1.29 is 0 Å². The third-order valence-corrected chi connectivity index (χ3v) is 6.09. The van der Waals surface area contributed by atoms with Crippen molar-refractivity contribution in [3.8, 4) is 0 Å². The van der Waals surface area contributed by atoms with E-state index in [0.29, 0.717) is 0 Å². The maximum atomic E-state index is 4.57. The molecule has 2 aliphatic heterocycles. The molecular formula is C18H35IN4. The third-order valence-electron chi connectivity index (χ3n) is 6.09. The number of hydrogen-bond acceptors (Lipinski definition) is 2. The van der Waals surface area contributed by atoms with Crippen LogP contribution in [0, 0.1) is 17.8 Å². The summed E-state index contributed by atoms with van der Waals surface area (Å²) in [4.78, 5) is 9.68. The summed E-state index contributed by atoms with van der Waals surface area (Å²) in [5.74, 6) is 3.80. The molecule has 5 heteroatoms. The number of halogens is 1. The normalized spacial score (nSPS) is 32.3. The van der Waals surface area contributed by atoms with Crippen molar-refractivity contribution in [1.82, 2.24) is 15.1 Å². The van der Waals surface area contributed by atoms with Gasteiger partial charge in [-0.3, -0.25) is 4.99 Å². The second kappa shape index (κ2) is 9.44. The second-order valence-electron chi connectivity index (χ2n) is 7.54. The quantitative estimate of drug-likeness (QED) is 0.421. The molecule has 3 aliphatic rings. The average molecular weight is 434 g/mol. The highest BCUT2D eigenvalue weighted by Gasteiger charge is 2.35. The Morgan fingerprint density at radius 2 is 1.74 bits per heavy atom. The van der Waals surface area contributed by atoms with Crippen LogP contribution in [0.4, 0.5) is 0 Å². The molecule has 1 aliphatic carbocycles. The second-order valence-corrected chi connectivity index (χ2v) is 7.54. The lowest BCUT2D eigenvalue weighted by Gasteiger charge is -2.33. The molecule has 0 spiro atoms. The van der Waals surface area contributed by atoms with Crippen LogP contribution in [0.1, 0.15) is 45.4 Å². The smallest absolute Gasteiger partial charge is 0.193 e. The van der Waals surface area contributed by atoms with Gasteiger partial charge in [0.05, 0.1) is 0 Å². The van der Waals surface area contributed by atoms with E-state index in [-0.39, 0.29) is 24.0 Å². The van der Waals surface area contributed by atoms with Crippen molar-refractivity contribution in [2.75, 3.05) is 46.3 Å². The first-order valence-electron chi connectivity index (χ1n) is 9.48. The largest absolute Gasteiger partial charge is 0.356 e. The van der Waals surface area contributed by atoms with Crippen molar-refractivity contribution in [1.29, 1.82) is 0 Å². The van der Waals surface area contributed by atoms with Crippen LogP contribution in [0.5, 0.6) is 0 Å². The molecule has 0 aromatic rings. The lowest BCUT2D eigenvalue weighted by molar-refractivity contribution is 0.183. The van der Waals surface area contributed by atoms with Crippen molar-refractivity contribution in [3.05, 3.63) is 0 Å². The summed E-state index contributed by atoms with van der Waals surface area (Å²) >= 11 is 0. The highest BCUT2D eigenvalue weighted by molar-refractivity contribution is 14.0. The molecule has 2 saturated heterocycles. The number of rotatable bonds is 3. The first kappa shape index (κ1) is 19.3. The summed E-state index contributed by atoms with van der Waals surface area (Å²) in [6.45, 7) is 9.57. The molecule has 0 aromatic heterocycles. The van der Waals surface area contributed by atoms with Gasteiger partial charge in [0.15, 0.2) is 5.96 Å². The summed E-state index contributed by atoms with van der Waals surface area (Å²) in [5, 5.41) is 3.68. The Morgan fingerprint density at radius 1 is 1.04 bits per heavy atom. The summed E-state index contributed by atoms with van der Waals surface area (Å²) < 4.78 is 0. The Bertz CT molecular complexity index is 373. The molecule has 3 fully saturated rings. The third kappa shape index (κ3) is 4.97. The van der Waals surface area contributed by atoms with Crippen LogP contribution < -0.4 is 5.32 Å². The molecule has 1 N–H and O–H groups in total. The van der Waals surface area contributed by atoms with E-state index in [1.807, 2.05) is 7.05 Å². The van der Waals surface area contributed by atoms with Gasteiger partial charge in [0.25, 0.3) is 0 Å². The molecule has 4 nitrogen and oxygen atoms in total. The van der Waals surface area contributed by atoms with Gasteiger partial charge in [0.2, 0.25) is 0 Å². The fourth-order valence-electron chi connectivity index (χ4n) is 4.75. The zero-order chi connectivity index (χ0) is 15.4. The van der Waals surface area contributed by atoms with E-state index in [1.165, 1.54) is 71.2 Å². The standard InChI is InChI=1S/C18H34N4.HI/c1-3-21-10-6-7-15(12-21)11-20-18(19-2)22-13-16-8-4-5-9-17(16)14-22;/h15-17H,3-14H2,1-2H3,(H,19,20);1H. The number of likely N-dealkylation sites (tertiary alicyclic amines) is 2. The van der Waals surface area contributed by atoms with Gasteiger partial charge in [-0.05, 0) is 56.5 Å². The molecule has 134 valence electrons. The Labute approximate surface area is 159 Å². The lowest BCUT2D eigenvalue weighted by atomic mass is 9.82. The monoisotopic (exact) mass is 434 g/mol. The minimum Gasteiger partial charge on any atom is -0.356 e. The van der Waals surface area contributed by atoms with Crippen molar-refractivity contribution in [3.63, 3.8) is 0 Å². The van der Waals surface area contributed by atoms with Crippen LogP contribution in [0.2, 0.25) is 0 Å². The molecule has 3 unspecified atom stereocenters. The van der Waals surface area contributed by atoms with E-state index < -0.39 is 0 Å². The van der Waals surface area contributed by atoms with Gasteiger partial charge in [-0.25, -0.2) is 0 Å². The number of piperidine rings is 1. The Hall–Kier alpha value is -0.0400. The van der Waals surface area contributed by atoms with E-state index in [2.05, 4.69) is 27.0 Å². The van der Waals surface area contributed by atoms with Crippen LogP contribution in [-0.2, 0) is 0 Å². The summed E-state index contributed by atoms with van der Waals surface area (Å²) in [6.07, 6.45) is 8.48. The topological polar surface area (TPSA) is 30.9 Å². The SMILES string of the molecule is CCN1CCCC(CNC(=NC)N2CC3CCCCC3C2)C1.I. The molecule has 3 atom stereocenters. The maximum Gasteiger partial charge on any atom is 0.193 e. The number of guanidine groups is 1. The molecular weight excluding hydrogens is 399 g/mol. The van der Waals surface area contributed by atoms with Gasteiger partial charge in [-0.15, -0.1) is 24.0 Å². The van der Waals surface area contributed by atoms with Crippen molar-refractivity contribution in [2.24, 2.45) is 22.7 Å². The molecule has 0 amide bonds. The minimum atomic E-state index is 0. The minimum absolute atomic E-state index is 0. The summed E-state index contributed by atoms with van der Waals surface area (Å²) in [6, 6.07) is 0.